The second-order valence-corrected chi connectivity index (χ2v) is 5.49. The molecule has 0 bridgehead atoms. The number of phenolic OH excluding ortho intramolecular Hbond substituents is 1. The Morgan fingerprint density at radius 2 is 2.00 bits per heavy atom. The van der Waals surface area contributed by atoms with Crippen LogP contribution in [0.15, 0.2) is 16.6 Å². The van der Waals surface area contributed by atoms with E-state index in [0.717, 1.165) is 13.1 Å². The minimum absolute atomic E-state index is 0. The Bertz CT molecular complexity index is 519. The topological polar surface area (TPSA) is 78.6 Å². The molecule has 1 aliphatic rings. The molecule has 1 aromatic rings. The van der Waals surface area contributed by atoms with Gasteiger partial charge in [-0.25, -0.2) is 4.39 Å². The van der Waals surface area contributed by atoms with Crippen molar-refractivity contribution in [3.8, 4) is 5.75 Å². The predicted molar refractivity (Wildman–Crippen MR) is 90.1 cm³/mol. The van der Waals surface area contributed by atoms with Gasteiger partial charge in [0.05, 0.1) is 11.0 Å². The molecule has 0 radical (unpaired) electrons. The Morgan fingerprint density at radius 1 is 1.41 bits per heavy atom. The van der Waals surface area contributed by atoms with E-state index in [0.29, 0.717) is 17.6 Å². The molecule has 0 aliphatic carbocycles. The van der Waals surface area contributed by atoms with Gasteiger partial charge in [-0.3, -0.25) is 15.0 Å². The summed E-state index contributed by atoms with van der Waals surface area (Å²) in [5.74, 6) is -0.459. The number of hydrogen-bond donors (Lipinski definition) is 2. The molecule has 0 saturated carbocycles. The molecule has 0 aromatic heterocycles. The molecule has 1 atom stereocenters. The van der Waals surface area contributed by atoms with Crippen molar-refractivity contribution >= 4 is 46.4 Å². The number of piperazine rings is 1. The van der Waals surface area contributed by atoms with Gasteiger partial charge >= 0.3 is 5.69 Å². The van der Waals surface area contributed by atoms with E-state index < -0.39 is 29.1 Å². The van der Waals surface area contributed by atoms with E-state index in [4.69, 9.17) is 0 Å². The van der Waals surface area contributed by atoms with E-state index in [2.05, 4.69) is 21.2 Å². The van der Waals surface area contributed by atoms with Gasteiger partial charge in [-0.15, -0.1) is 24.8 Å². The number of halogens is 4. The lowest BCUT2D eigenvalue weighted by Crippen LogP contribution is -2.45. The maximum Gasteiger partial charge on any atom is 0.312 e. The molecule has 0 spiro atoms. The molecule has 1 fully saturated rings. The zero-order valence-corrected chi connectivity index (χ0v) is 14.7. The molecule has 6 nitrogen and oxygen atoms in total. The van der Waals surface area contributed by atoms with Gasteiger partial charge in [0.2, 0.25) is 0 Å². The van der Waals surface area contributed by atoms with E-state index >= 15 is 0 Å². The Labute approximate surface area is 148 Å². The second-order valence-electron chi connectivity index (χ2n) is 4.58. The first kappa shape index (κ1) is 21.3. The first-order valence-electron chi connectivity index (χ1n) is 6.22. The number of nitro benzene ring substituents is 1. The molecule has 0 amide bonds. The molecule has 22 heavy (non-hydrogen) atoms. The van der Waals surface area contributed by atoms with Crippen LogP contribution in [0, 0.1) is 10.1 Å². The highest BCUT2D eigenvalue weighted by molar-refractivity contribution is 9.10. The average molecular weight is 421 g/mol. The van der Waals surface area contributed by atoms with Crippen LogP contribution >= 0.6 is 40.7 Å². The molecule has 1 saturated heterocycles. The van der Waals surface area contributed by atoms with Crippen LogP contribution in [-0.4, -0.2) is 47.8 Å². The summed E-state index contributed by atoms with van der Waals surface area (Å²) in [6.45, 7) is 2.02. The predicted octanol–water partition coefficient (Wildman–Crippen LogP) is 2.82. The fourth-order valence-corrected chi connectivity index (χ4v) is 2.83. The van der Waals surface area contributed by atoms with Crippen molar-refractivity contribution < 1.29 is 14.4 Å². The van der Waals surface area contributed by atoms with Gasteiger partial charge in [0.1, 0.15) is 6.67 Å². The molecular weight excluding hydrogens is 404 g/mol. The van der Waals surface area contributed by atoms with Crippen molar-refractivity contribution in [2.75, 3.05) is 32.9 Å². The highest BCUT2D eigenvalue weighted by Crippen LogP contribution is 2.38. The molecule has 1 aromatic carbocycles. The highest BCUT2D eigenvalue weighted by Gasteiger charge is 2.28. The van der Waals surface area contributed by atoms with Crippen molar-refractivity contribution in [3.63, 3.8) is 0 Å². The van der Waals surface area contributed by atoms with E-state index in [1.807, 2.05) is 4.90 Å². The summed E-state index contributed by atoms with van der Waals surface area (Å²) in [6.07, 6.45) is 0. The number of phenols is 1. The van der Waals surface area contributed by atoms with Gasteiger partial charge in [-0.05, 0) is 6.07 Å². The van der Waals surface area contributed by atoms with Crippen LogP contribution in [0.1, 0.15) is 11.6 Å². The van der Waals surface area contributed by atoms with Crippen LogP contribution in [0.3, 0.4) is 0 Å². The van der Waals surface area contributed by atoms with Crippen LogP contribution in [0.2, 0.25) is 0 Å². The van der Waals surface area contributed by atoms with Crippen molar-refractivity contribution in [3.05, 3.63) is 32.3 Å². The quantitative estimate of drug-likeness (QED) is 0.578. The van der Waals surface area contributed by atoms with E-state index in [9.17, 15) is 19.6 Å². The lowest BCUT2D eigenvalue weighted by molar-refractivity contribution is -0.386. The number of alkyl halides is 1. The summed E-state index contributed by atoms with van der Waals surface area (Å²) >= 11 is 3.17. The molecule has 2 N–H and O–H groups in total. The third-order valence-corrected chi connectivity index (χ3v) is 3.84. The minimum Gasteiger partial charge on any atom is -0.502 e. The lowest BCUT2D eigenvalue weighted by Gasteiger charge is -2.33. The average Bonchev–Trinajstić information content (AvgIpc) is 2.44. The molecule has 10 heteroatoms. The maximum absolute atomic E-state index is 13.4. The molecule has 126 valence electrons. The van der Waals surface area contributed by atoms with Gasteiger partial charge in [-0.2, -0.15) is 0 Å². The number of benzene rings is 1. The zero-order chi connectivity index (χ0) is 14.7. The Hall–Kier alpha value is -0.670. The molecule has 0 unspecified atom stereocenters. The summed E-state index contributed by atoms with van der Waals surface area (Å²) in [5, 5.41) is 24.1. The Balaban J connectivity index is 0.00000220. The van der Waals surface area contributed by atoms with Crippen molar-refractivity contribution in [2.45, 2.75) is 6.04 Å². The van der Waals surface area contributed by atoms with Gasteiger partial charge < -0.3 is 10.4 Å². The highest BCUT2D eigenvalue weighted by atomic mass is 79.9. The normalized spacial score (nSPS) is 16.3. The van der Waals surface area contributed by atoms with Gasteiger partial charge in [0, 0.05) is 42.3 Å². The largest absolute Gasteiger partial charge is 0.502 e. The molecule has 2 rings (SSSR count). The number of aromatic hydroxyl groups is 1. The van der Waals surface area contributed by atoms with Crippen LogP contribution in [0.25, 0.3) is 0 Å². The second kappa shape index (κ2) is 9.46. The molecular formula is C12H17BrCl2FN3O3. The van der Waals surface area contributed by atoms with E-state index in [-0.39, 0.29) is 30.4 Å². The summed E-state index contributed by atoms with van der Waals surface area (Å²) < 4.78 is 13.9. The van der Waals surface area contributed by atoms with Crippen molar-refractivity contribution in [1.82, 2.24) is 10.2 Å². The van der Waals surface area contributed by atoms with Crippen molar-refractivity contribution in [1.29, 1.82) is 0 Å². The standard InChI is InChI=1S/C12H15BrFN3O3.2ClH/c13-8-5-9(12(18)10(6-8)17(19)20)11(7-14)16-3-1-15-2-4-16;;/h5-6,11,15,18H,1-4,7H2;2*1H/t11-;;/m1../s1. The smallest absolute Gasteiger partial charge is 0.312 e. The Morgan fingerprint density at radius 3 is 2.50 bits per heavy atom. The monoisotopic (exact) mass is 419 g/mol. The van der Waals surface area contributed by atoms with Crippen molar-refractivity contribution in [2.24, 2.45) is 0 Å². The van der Waals surface area contributed by atoms with E-state index in [1.54, 1.807) is 0 Å². The first-order chi connectivity index (χ1) is 9.54. The fraction of sp³-hybridized carbons (Fsp3) is 0.500. The maximum atomic E-state index is 13.4. The third-order valence-electron chi connectivity index (χ3n) is 3.38. The van der Waals surface area contributed by atoms with Crippen LogP contribution in [0.5, 0.6) is 5.75 Å². The minimum atomic E-state index is -0.707. The lowest BCUT2D eigenvalue weighted by atomic mass is 10.0. The third kappa shape index (κ3) is 4.66. The summed E-state index contributed by atoms with van der Waals surface area (Å²) in [5.41, 5.74) is -0.168. The van der Waals surface area contributed by atoms with Gasteiger partial charge in [0.25, 0.3) is 0 Å². The number of nitrogens with one attached hydrogen (secondary N) is 1. The SMILES string of the molecule is Cl.Cl.O=[N+]([O-])c1cc(Br)cc([C@@H](CF)N2CCNCC2)c1O. The van der Waals surface area contributed by atoms with Crippen LogP contribution in [0.4, 0.5) is 10.1 Å². The number of nitrogens with zero attached hydrogens (tertiary/aromatic N) is 2. The Kier molecular flexibility index (Phi) is 9.18. The van der Waals surface area contributed by atoms with E-state index in [1.165, 1.54) is 12.1 Å². The first-order valence-corrected chi connectivity index (χ1v) is 7.01. The summed E-state index contributed by atoms with van der Waals surface area (Å²) in [4.78, 5) is 12.1. The molecule has 1 aliphatic heterocycles. The summed E-state index contributed by atoms with van der Waals surface area (Å²) in [7, 11) is 0. The number of nitro groups is 1. The van der Waals surface area contributed by atoms with Crippen LogP contribution in [-0.2, 0) is 0 Å². The van der Waals surface area contributed by atoms with Gasteiger partial charge in [-0.1, -0.05) is 15.9 Å². The number of rotatable bonds is 4. The number of hydrogen-bond acceptors (Lipinski definition) is 5. The fourth-order valence-electron chi connectivity index (χ4n) is 2.37. The van der Waals surface area contributed by atoms with Gasteiger partial charge in [0.15, 0.2) is 5.75 Å². The molecule has 1 heterocycles. The summed E-state index contributed by atoms with van der Waals surface area (Å²) in [6, 6.07) is 2.08. The van der Waals surface area contributed by atoms with Crippen LogP contribution < -0.4 is 5.32 Å². The zero-order valence-electron chi connectivity index (χ0n) is 11.5.